The van der Waals surface area contributed by atoms with E-state index in [1.54, 1.807) is 6.20 Å². The van der Waals surface area contributed by atoms with Crippen LogP contribution >= 0.6 is 11.6 Å². The Morgan fingerprint density at radius 3 is 2.19 bits per heavy atom. The summed E-state index contributed by atoms with van der Waals surface area (Å²) in [5.41, 5.74) is 3.14. The first kappa shape index (κ1) is 12.7. The van der Waals surface area contributed by atoms with Crippen LogP contribution in [0.25, 0.3) is 11.1 Å². The number of rotatable bonds is 1. The predicted molar refractivity (Wildman–Crippen MR) is 70.8 cm³/mol. The van der Waals surface area contributed by atoms with E-state index in [0.717, 1.165) is 21.8 Å². The van der Waals surface area contributed by atoms with Gasteiger partial charge in [0.25, 0.3) is 0 Å². The summed E-state index contributed by atoms with van der Waals surface area (Å²) in [5, 5.41) is 0.767. The second-order valence-electron chi connectivity index (χ2n) is 3.12. The monoisotopic (exact) mass is 233 g/mol. The first-order valence-electron chi connectivity index (χ1n) is 5.45. The molecule has 0 N–H and O–H groups in total. The Bertz CT molecular complexity index is 408. The minimum Gasteiger partial charge on any atom is -0.261 e. The zero-order chi connectivity index (χ0) is 12.0. The molecule has 1 nitrogen and oxygen atoms in total. The second-order valence-corrected chi connectivity index (χ2v) is 3.52. The summed E-state index contributed by atoms with van der Waals surface area (Å²) in [7, 11) is 0. The highest BCUT2D eigenvalue weighted by Gasteiger charge is 2.04. The predicted octanol–water partition coefficient (Wildman–Crippen LogP) is 4.74. The number of pyridine rings is 1. The van der Waals surface area contributed by atoms with Gasteiger partial charge in [0.1, 0.15) is 0 Å². The fourth-order valence-electron chi connectivity index (χ4n) is 1.45. The molecule has 2 rings (SSSR count). The van der Waals surface area contributed by atoms with E-state index >= 15 is 0 Å². The molecule has 2 aromatic rings. The van der Waals surface area contributed by atoms with Crippen molar-refractivity contribution in [2.75, 3.05) is 0 Å². The number of halogens is 1. The summed E-state index contributed by atoms with van der Waals surface area (Å²) < 4.78 is 0. The van der Waals surface area contributed by atoms with Gasteiger partial charge in [0, 0.05) is 28.0 Å². The molecular formula is C14H16ClN. The number of aromatic nitrogens is 1. The first-order chi connectivity index (χ1) is 7.79. The van der Waals surface area contributed by atoms with Crippen molar-refractivity contribution in [2.45, 2.75) is 20.8 Å². The molecule has 0 fully saturated rings. The van der Waals surface area contributed by atoms with Gasteiger partial charge in [-0.15, -0.1) is 0 Å². The minimum absolute atomic E-state index is 0.767. The van der Waals surface area contributed by atoms with E-state index in [4.69, 9.17) is 11.6 Å². The Hall–Kier alpha value is -1.34. The van der Waals surface area contributed by atoms with E-state index in [9.17, 15) is 0 Å². The SMILES string of the molecule is CC.Cc1ncccc1-c1ccccc1Cl. The Kier molecular flexibility index (Phi) is 5.00. The normalized spacial score (nSPS) is 9.25. The Balaban J connectivity index is 0.000000606. The van der Waals surface area contributed by atoms with Crippen LogP contribution in [-0.4, -0.2) is 4.98 Å². The summed E-state index contributed by atoms with van der Waals surface area (Å²) in [6.45, 7) is 5.98. The summed E-state index contributed by atoms with van der Waals surface area (Å²) in [6.07, 6.45) is 1.79. The third-order valence-corrected chi connectivity index (χ3v) is 2.50. The van der Waals surface area contributed by atoms with Gasteiger partial charge < -0.3 is 0 Å². The van der Waals surface area contributed by atoms with Crippen molar-refractivity contribution in [1.82, 2.24) is 4.98 Å². The lowest BCUT2D eigenvalue weighted by atomic mass is 10.0. The Morgan fingerprint density at radius 2 is 1.56 bits per heavy atom. The fraction of sp³-hybridized carbons (Fsp3) is 0.214. The van der Waals surface area contributed by atoms with E-state index in [-0.39, 0.29) is 0 Å². The van der Waals surface area contributed by atoms with E-state index in [1.807, 2.05) is 57.2 Å². The number of aryl methyl sites for hydroxylation is 1. The lowest BCUT2D eigenvalue weighted by Crippen LogP contribution is -1.86. The molecule has 0 aliphatic carbocycles. The molecule has 1 heterocycles. The van der Waals surface area contributed by atoms with Crippen LogP contribution in [0.1, 0.15) is 19.5 Å². The third kappa shape index (κ3) is 2.83. The highest BCUT2D eigenvalue weighted by molar-refractivity contribution is 6.33. The molecule has 0 bridgehead atoms. The number of benzene rings is 1. The van der Waals surface area contributed by atoms with E-state index in [2.05, 4.69) is 4.98 Å². The zero-order valence-corrected chi connectivity index (χ0v) is 10.6. The van der Waals surface area contributed by atoms with Gasteiger partial charge in [0.05, 0.1) is 0 Å². The van der Waals surface area contributed by atoms with Gasteiger partial charge >= 0.3 is 0 Å². The topological polar surface area (TPSA) is 12.9 Å². The third-order valence-electron chi connectivity index (χ3n) is 2.17. The van der Waals surface area contributed by atoms with Crippen molar-refractivity contribution in [2.24, 2.45) is 0 Å². The summed E-state index contributed by atoms with van der Waals surface area (Å²) >= 11 is 6.10. The van der Waals surface area contributed by atoms with Crippen molar-refractivity contribution in [3.8, 4) is 11.1 Å². The Morgan fingerprint density at radius 1 is 0.938 bits per heavy atom. The molecular weight excluding hydrogens is 218 g/mol. The van der Waals surface area contributed by atoms with Crippen LogP contribution < -0.4 is 0 Å². The first-order valence-corrected chi connectivity index (χ1v) is 5.83. The zero-order valence-electron chi connectivity index (χ0n) is 9.87. The quantitative estimate of drug-likeness (QED) is 0.694. The molecule has 0 atom stereocenters. The van der Waals surface area contributed by atoms with Crippen LogP contribution in [0.15, 0.2) is 42.6 Å². The van der Waals surface area contributed by atoms with Crippen LogP contribution in [0.4, 0.5) is 0 Å². The van der Waals surface area contributed by atoms with Crippen molar-refractivity contribution < 1.29 is 0 Å². The smallest absolute Gasteiger partial charge is 0.0485 e. The summed E-state index contributed by atoms with van der Waals surface area (Å²) in [6, 6.07) is 11.8. The van der Waals surface area contributed by atoms with Crippen LogP contribution in [0.2, 0.25) is 5.02 Å². The molecule has 0 spiro atoms. The molecule has 1 aromatic carbocycles. The summed E-state index contributed by atoms with van der Waals surface area (Å²) in [5.74, 6) is 0. The van der Waals surface area contributed by atoms with Crippen LogP contribution in [-0.2, 0) is 0 Å². The van der Waals surface area contributed by atoms with Gasteiger partial charge in [-0.1, -0.05) is 49.7 Å². The molecule has 0 aliphatic heterocycles. The van der Waals surface area contributed by atoms with Crippen molar-refractivity contribution in [1.29, 1.82) is 0 Å². The standard InChI is InChI=1S/C12H10ClN.C2H6/c1-9-10(6-4-8-14-9)11-5-2-3-7-12(11)13;1-2/h2-8H,1H3;1-2H3. The maximum Gasteiger partial charge on any atom is 0.0485 e. The molecule has 1 aromatic heterocycles. The molecule has 0 saturated carbocycles. The maximum atomic E-state index is 6.10. The number of nitrogens with zero attached hydrogens (tertiary/aromatic N) is 1. The average Bonchev–Trinajstić information content (AvgIpc) is 2.34. The van der Waals surface area contributed by atoms with Gasteiger partial charge in [-0.3, -0.25) is 4.98 Å². The molecule has 2 heteroatoms. The molecule has 0 radical (unpaired) electrons. The fourth-order valence-corrected chi connectivity index (χ4v) is 1.69. The lowest BCUT2D eigenvalue weighted by Gasteiger charge is -2.06. The maximum absolute atomic E-state index is 6.10. The van der Waals surface area contributed by atoms with E-state index in [0.29, 0.717) is 0 Å². The molecule has 0 aliphatic rings. The second kappa shape index (κ2) is 6.29. The van der Waals surface area contributed by atoms with E-state index < -0.39 is 0 Å². The van der Waals surface area contributed by atoms with Crippen LogP contribution in [0, 0.1) is 6.92 Å². The van der Waals surface area contributed by atoms with Crippen molar-refractivity contribution in [3.63, 3.8) is 0 Å². The molecule has 16 heavy (non-hydrogen) atoms. The van der Waals surface area contributed by atoms with Gasteiger partial charge in [-0.05, 0) is 19.1 Å². The van der Waals surface area contributed by atoms with Gasteiger partial charge in [0.2, 0.25) is 0 Å². The minimum atomic E-state index is 0.767. The highest BCUT2D eigenvalue weighted by Crippen LogP contribution is 2.28. The molecule has 0 amide bonds. The Labute approximate surface area is 102 Å². The van der Waals surface area contributed by atoms with Crippen LogP contribution in [0.5, 0.6) is 0 Å². The van der Waals surface area contributed by atoms with Crippen molar-refractivity contribution in [3.05, 3.63) is 53.3 Å². The van der Waals surface area contributed by atoms with Crippen LogP contribution in [0.3, 0.4) is 0 Å². The number of hydrogen-bond acceptors (Lipinski definition) is 1. The van der Waals surface area contributed by atoms with Crippen molar-refractivity contribution >= 4 is 11.6 Å². The van der Waals surface area contributed by atoms with Gasteiger partial charge in [0.15, 0.2) is 0 Å². The number of hydrogen-bond donors (Lipinski definition) is 0. The molecule has 84 valence electrons. The average molecular weight is 234 g/mol. The van der Waals surface area contributed by atoms with Gasteiger partial charge in [-0.25, -0.2) is 0 Å². The summed E-state index contributed by atoms with van der Waals surface area (Å²) in [4.78, 5) is 4.24. The highest BCUT2D eigenvalue weighted by atomic mass is 35.5. The lowest BCUT2D eigenvalue weighted by molar-refractivity contribution is 1.20. The largest absolute Gasteiger partial charge is 0.261 e. The molecule has 0 saturated heterocycles. The molecule has 0 unspecified atom stereocenters. The van der Waals surface area contributed by atoms with Gasteiger partial charge in [-0.2, -0.15) is 0 Å². The van der Waals surface area contributed by atoms with E-state index in [1.165, 1.54) is 0 Å².